The smallest absolute Gasteiger partial charge is 0.224 e. The second-order valence-corrected chi connectivity index (χ2v) is 4.58. The van der Waals surface area contributed by atoms with E-state index in [-0.39, 0.29) is 0 Å². The summed E-state index contributed by atoms with van der Waals surface area (Å²) in [6, 6.07) is 7.98. The number of rotatable bonds is 6. The highest BCUT2D eigenvalue weighted by molar-refractivity contribution is 6.32. The molecule has 1 aromatic carbocycles. The summed E-state index contributed by atoms with van der Waals surface area (Å²) >= 11 is 6.05. The van der Waals surface area contributed by atoms with E-state index in [4.69, 9.17) is 16.3 Å². The van der Waals surface area contributed by atoms with Crippen molar-refractivity contribution in [3.63, 3.8) is 0 Å². The Kier molecular flexibility index (Phi) is 5.01. The molecule has 0 aliphatic heterocycles. The van der Waals surface area contributed by atoms with Crippen LogP contribution in [0.3, 0.4) is 0 Å². The number of hydrogen-bond acceptors (Lipinski definition) is 5. The second kappa shape index (κ2) is 6.96. The fourth-order valence-electron chi connectivity index (χ4n) is 1.76. The molecule has 20 heavy (non-hydrogen) atoms. The van der Waals surface area contributed by atoms with Crippen molar-refractivity contribution in [3.05, 3.63) is 41.0 Å². The molecule has 0 bridgehead atoms. The van der Waals surface area contributed by atoms with Crippen molar-refractivity contribution in [2.45, 2.75) is 6.42 Å². The van der Waals surface area contributed by atoms with Crippen LogP contribution in [0.4, 0.5) is 11.8 Å². The number of aromatic nitrogens is 2. The lowest BCUT2D eigenvalue weighted by Gasteiger charge is -2.09. The van der Waals surface area contributed by atoms with Gasteiger partial charge >= 0.3 is 0 Å². The van der Waals surface area contributed by atoms with E-state index in [1.54, 1.807) is 20.4 Å². The molecular weight excluding hydrogens is 276 g/mol. The van der Waals surface area contributed by atoms with Crippen LogP contribution in [0.1, 0.15) is 5.56 Å². The molecule has 5 nitrogen and oxygen atoms in total. The zero-order valence-electron chi connectivity index (χ0n) is 11.5. The molecule has 0 spiro atoms. The maximum Gasteiger partial charge on any atom is 0.224 e. The fraction of sp³-hybridized carbons (Fsp3) is 0.286. The Bertz CT molecular complexity index is 577. The van der Waals surface area contributed by atoms with E-state index in [9.17, 15) is 0 Å². The van der Waals surface area contributed by atoms with Crippen molar-refractivity contribution in [1.82, 2.24) is 9.97 Å². The zero-order valence-corrected chi connectivity index (χ0v) is 12.2. The number of benzene rings is 1. The van der Waals surface area contributed by atoms with Gasteiger partial charge in [0.1, 0.15) is 16.6 Å². The van der Waals surface area contributed by atoms with Crippen LogP contribution in [0.5, 0.6) is 5.75 Å². The molecule has 2 aromatic rings. The minimum atomic E-state index is 0.509. The van der Waals surface area contributed by atoms with E-state index in [1.807, 2.05) is 18.2 Å². The summed E-state index contributed by atoms with van der Waals surface area (Å²) in [6.07, 6.45) is 2.43. The Hall–Kier alpha value is -2.01. The molecule has 0 unspecified atom stereocenters. The lowest BCUT2D eigenvalue weighted by atomic mass is 10.1. The predicted molar refractivity (Wildman–Crippen MR) is 81.8 cm³/mol. The van der Waals surface area contributed by atoms with Gasteiger partial charge in [-0.2, -0.15) is 4.98 Å². The summed E-state index contributed by atoms with van der Waals surface area (Å²) < 4.78 is 5.20. The van der Waals surface area contributed by atoms with Crippen LogP contribution < -0.4 is 15.4 Å². The first-order valence-electron chi connectivity index (χ1n) is 6.30. The third kappa shape index (κ3) is 3.74. The lowest BCUT2D eigenvalue weighted by molar-refractivity contribution is 0.414. The van der Waals surface area contributed by atoms with E-state index in [0.717, 1.165) is 18.7 Å². The molecule has 0 amide bonds. The Morgan fingerprint density at radius 2 is 2.20 bits per heavy atom. The van der Waals surface area contributed by atoms with Crippen LogP contribution in [0, 0.1) is 0 Å². The third-order valence-electron chi connectivity index (χ3n) is 2.81. The molecule has 0 fully saturated rings. The van der Waals surface area contributed by atoms with Gasteiger partial charge in [0, 0.05) is 13.6 Å². The second-order valence-electron chi connectivity index (χ2n) is 4.17. The van der Waals surface area contributed by atoms with Crippen molar-refractivity contribution in [1.29, 1.82) is 0 Å². The molecule has 0 aliphatic carbocycles. The molecule has 2 rings (SSSR count). The van der Waals surface area contributed by atoms with Crippen molar-refractivity contribution < 1.29 is 4.74 Å². The van der Waals surface area contributed by atoms with Crippen LogP contribution in [-0.4, -0.2) is 30.7 Å². The molecule has 1 aromatic heterocycles. The SMILES string of the molecule is CNc1ncc(Cl)c(NCCc2cccc(OC)c2)n1. The maximum atomic E-state index is 6.05. The summed E-state index contributed by atoms with van der Waals surface area (Å²) in [5.74, 6) is 2.03. The largest absolute Gasteiger partial charge is 0.497 e. The molecule has 6 heteroatoms. The van der Waals surface area contributed by atoms with Crippen LogP contribution in [0.2, 0.25) is 5.02 Å². The first-order valence-corrected chi connectivity index (χ1v) is 6.68. The Morgan fingerprint density at radius 1 is 1.35 bits per heavy atom. The quantitative estimate of drug-likeness (QED) is 0.857. The van der Waals surface area contributed by atoms with Gasteiger partial charge < -0.3 is 15.4 Å². The van der Waals surface area contributed by atoms with Gasteiger partial charge in [0.25, 0.3) is 0 Å². The van der Waals surface area contributed by atoms with Crippen molar-refractivity contribution in [2.24, 2.45) is 0 Å². The highest BCUT2D eigenvalue weighted by Gasteiger charge is 2.04. The molecule has 2 N–H and O–H groups in total. The van der Waals surface area contributed by atoms with Crippen molar-refractivity contribution >= 4 is 23.4 Å². The van der Waals surface area contributed by atoms with E-state index in [2.05, 4.69) is 26.7 Å². The van der Waals surface area contributed by atoms with Gasteiger partial charge in [0.15, 0.2) is 0 Å². The van der Waals surface area contributed by atoms with Gasteiger partial charge in [-0.05, 0) is 24.1 Å². The minimum absolute atomic E-state index is 0.509. The van der Waals surface area contributed by atoms with Gasteiger partial charge in [-0.25, -0.2) is 4.98 Å². The predicted octanol–water partition coefficient (Wildman–Crippen LogP) is 2.83. The molecule has 0 aliphatic rings. The standard InChI is InChI=1S/C14H17ClN4O/c1-16-14-18-9-12(15)13(19-14)17-7-6-10-4-3-5-11(8-10)20-2/h3-5,8-9H,6-7H2,1-2H3,(H2,16,17,18,19). The number of methoxy groups -OCH3 is 1. The summed E-state index contributed by atoms with van der Waals surface area (Å²) in [4.78, 5) is 8.30. The number of hydrogen-bond donors (Lipinski definition) is 2. The Balaban J connectivity index is 1.95. The summed E-state index contributed by atoms with van der Waals surface area (Å²) in [5.41, 5.74) is 1.19. The number of nitrogens with one attached hydrogen (secondary N) is 2. The van der Waals surface area contributed by atoms with Gasteiger partial charge in [-0.3, -0.25) is 0 Å². The number of ether oxygens (including phenoxy) is 1. The van der Waals surface area contributed by atoms with Crippen LogP contribution in [0.15, 0.2) is 30.5 Å². The number of anilines is 2. The highest BCUT2D eigenvalue weighted by Crippen LogP contribution is 2.19. The maximum absolute atomic E-state index is 6.05. The first-order chi connectivity index (χ1) is 9.72. The molecular formula is C14H17ClN4O. The van der Waals surface area contributed by atoms with Crippen LogP contribution >= 0.6 is 11.6 Å². The van der Waals surface area contributed by atoms with Gasteiger partial charge in [0.2, 0.25) is 5.95 Å². The van der Waals surface area contributed by atoms with Crippen molar-refractivity contribution in [2.75, 3.05) is 31.3 Å². The summed E-state index contributed by atoms with van der Waals surface area (Å²) in [5, 5.41) is 6.60. The van der Waals surface area contributed by atoms with Gasteiger partial charge in [0.05, 0.1) is 13.3 Å². The zero-order chi connectivity index (χ0) is 14.4. The van der Waals surface area contributed by atoms with Crippen molar-refractivity contribution in [3.8, 4) is 5.75 Å². The Labute approximate surface area is 123 Å². The lowest BCUT2D eigenvalue weighted by Crippen LogP contribution is -2.08. The first kappa shape index (κ1) is 14.4. The molecule has 106 valence electrons. The number of nitrogens with zero attached hydrogens (tertiary/aromatic N) is 2. The average Bonchev–Trinajstić information content (AvgIpc) is 2.49. The minimum Gasteiger partial charge on any atom is -0.497 e. The van der Waals surface area contributed by atoms with E-state index in [0.29, 0.717) is 16.8 Å². The van der Waals surface area contributed by atoms with Crippen LogP contribution in [-0.2, 0) is 6.42 Å². The molecule has 1 heterocycles. The van der Waals surface area contributed by atoms with Gasteiger partial charge in [-0.15, -0.1) is 0 Å². The highest BCUT2D eigenvalue weighted by atomic mass is 35.5. The van der Waals surface area contributed by atoms with E-state index >= 15 is 0 Å². The third-order valence-corrected chi connectivity index (χ3v) is 3.08. The molecule has 0 saturated carbocycles. The number of halogens is 1. The topological polar surface area (TPSA) is 59.1 Å². The monoisotopic (exact) mass is 292 g/mol. The summed E-state index contributed by atoms with van der Waals surface area (Å²) in [7, 11) is 3.43. The molecule has 0 atom stereocenters. The fourth-order valence-corrected chi connectivity index (χ4v) is 1.92. The van der Waals surface area contributed by atoms with Gasteiger partial charge in [-0.1, -0.05) is 23.7 Å². The molecule has 0 saturated heterocycles. The summed E-state index contributed by atoms with van der Waals surface area (Å²) in [6.45, 7) is 0.729. The normalized spacial score (nSPS) is 10.2. The van der Waals surface area contributed by atoms with E-state index in [1.165, 1.54) is 5.56 Å². The van der Waals surface area contributed by atoms with E-state index < -0.39 is 0 Å². The van der Waals surface area contributed by atoms with Crippen LogP contribution in [0.25, 0.3) is 0 Å². The average molecular weight is 293 g/mol. The molecule has 0 radical (unpaired) electrons. The Morgan fingerprint density at radius 3 is 2.95 bits per heavy atom.